The third kappa shape index (κ3) is 12.8. The van der Waals surface area contributed by atoms with Crippen LogP contribution >= 0.6 is 0 Å². The molecule has 318 valence electrons. The van der Waals surface area contributed by atoms with Gasteiger partial charge in [0.1, 0.15) is 11.5 Å². The van der Waals surface area contributed by atoms with Gasteiger partial charge in [0.25, 0.3) is 0 Å². The first-order valence-corrected chi connectivity index (χ1v) is 19.5. The Bertz CT molecular complexity index is 2480. The maximum absolute atomic E-state index is 12.9. The van der Waals surface area contributed by atoms with Crippen molar-refractivity contribution in [1.29, 1.82) is 0 Å². The Labute approximate surface area is 365 Å². The summed E-state index contributed by atoms with van der Waals surface area (Å²) < 4.78 is 77.8. The molecule has 0 radical (unpaired) electrons. The van der Waals surface area contributed by atoms with Crippen LogP contribution in [0.25, 0.3) is 34.0 Å². The summed E-state index contributed by atoms with van der Waals surface area (Å²) >= 11 is 0. The van der Waals surface area contributed by atoms with Gasteiger partial charge >= 0.3 is 32.5 Å². The van der Waals surface area contributed by atoms with Crippen LogP contribution in [0.5, 0.6) is 0 Å². The van der Waals surface area contributed by atoms with Gasteiger partial charge in [-0.1, -0.05) is 69.3 Å². The van der Waals surface area contributed by atoms with Crippen LogP contribution in [-0.4, -0.2) is 29.8 Å². The van der Waals surface area contributed by atoms with Gasteiger partial charge in [0.2, 0.25) is 0 Å². The molecular weight excluding hydrogens is 969 g/mol. The molecule has 7 rings (SSSR count). The Balaban J connectivity index is 0.000000295. The topological polar surface area (TPSA) is 83.5 Å². The molecule has 0 saturated carbocycles. The quantitative estimate of drug-likeness (QED) is 0.0948. The van der Waals surface area contributed by atoms with Gasteiger partial charge in [0, 0.05) is 31.6 Å². The number of halogens is 6. The zero-order valence-electron chi connectivity index (χ0n) is 34.3. The third-order valence-corrected chi connectivity index (χ3v) is 9.77. The molecule has 7 nitrogen and oxygen atoms in total. The van der Waals surface area contributed by atoms with E-state index >= 15 is 0 Å². The number of hydrogen-bond acceptors (Lipinski definition) is 5. The van der Waals surface area contributed by atoms with Crippen molar-refractivity contribution in [2.45, 2.75) is 84.0 Å². The minimum atomic E-state index is -4.48. The fourth-order valence-corrected chi connectivity index (χ4v) is 6.38. The molecule has 3 aromatic carbocycles. The number of aryl methyl sites for hydroxylation is 6. The molecule has 0 unspecified atom stereocenters. The molecule has 7 aromatic rings. The third-order valence-electron chi connectivity index (χ3n) is 9.77. The van der Waals surface area contributed by atoms with E-state index < -0.39 is 23.6 Å². The summed E-state index contributed by atoms with van der Waals surface area (Å²) in [6.45, 7) is 8.18. The van der Waals surface area contributed by atoms with Gasteiger partial charge in [-0.25, -0.2) is 0 Å². The van der Waals surface area contributed by atoms with Crippen molar-refractivity contribution in [3.63, 3.8) is 0 Å². The maximum atomic E-state index is 12.9. The fraction of sp³-hybridized carbons (Fsp3) is 0.298. The van der Waals surface area contributed by atoms with Gasteiger partial charge in [0.05, 0.1) is 5.82 Å². The van der Waals surface area contributed by atoms with Gasteiger partial charge in [-0.3, -0.25) is 14.6 Å². The van der Waals surface area contributed by atoms with E-state index in [1.807, 2.05) is 56.8 Å². The maximum Gasteiger partial charge on any atom is 3.00 e. The number of rotatable bonds is 11. The molecule has 0 N–H and O–H groups in total. The molecule has 14 heteroatoms. The largest absolute Gasteiger partial charge is 3.00 e. The first-order valence-electron chi connectivity index (χ1n) is 19.5. The predicted molar refractivity (Wildman–Crippen MR) is 219 cm³/mol. The Hall–Kier alpha value is -5.46. The van der Waals surface area contributed by atoms with Gasteiger partial charge < -0.3 is 15.2 Å². The van der Waals surface area contributed by atoms with Crippen molar-refractivity contribution in [3.05, 3.63) is 160 Å². The minimum absolute atomic E-state index is 0. The van der Waals surface area contributed by atoms with Gasteiger partial charge in [-0.05, 0) is 89.7 Å². The molecule has 0 saturated heterocycles. The average Bonchev–Trinajstić information content (AvgIpc) is 3.88. The summed E-state index contributed by atoms with van der Waals surface area (Å²) in [6.07, 6.45) is -0.194. The summed E-state index contributed by atoms with van der Waals surface area (Å²) in [5.74, 6) is 1.71. The fourth-order valence-electron chi connectivity index (χ4n) is 6.38. The molecule has 0 spiro atoms. The Morgan fingerprint density at radius 3 is 1.87 bits per heavy atom. The molecule has 0 aliphatic rings. The second-order valence-corrected chi connectivity index (χ2v) is 15.5. The van der Waals surface area contributed by atoms with E-state index in [2.05, 4.69) is 85.7 Å². The van der Waals surface area contributed by atoms with Crippen molar-refractivity contribution in [2.75, 3.05) is 0 Å². The van der Waals surface area contributed by atoms with Crippen molar-refractivity contribution in [3.8, 4) is 34.0 Å². The van der Waals surface area contributed by atoms with Crippen LogP contribution in [0, 0.1) is 12.1 Å². The number of benzene rings is 3. The van der Waals surface area contributed by atoms with Crippen LogP contribution in [0.1, 0.15) is 79.0 Å². The molecule has 0 fully saturated rings. The molecule has 0 bridgehead atoms. The van der Waals surface area contributed by atoms with Crippen LogP contribution in [0.2, 0.25) is 0 Å². The number of alkyl halides is 6. The first-order chi connectivity index (χ1) is 28.5. The normalized spacial score (nSPS) is 11.8. The van der Waals surface area contributed by atoms with Crippen molar-refractivity contribution in [1.82, 2.24) is 34.9 Å². The summed E-state index contributed by atoms with van der Waals surface area (Å²) in [6, 6.07) is 32.7. The summed E-state index contributed by atoms with van der Waals surface area (Å²) in [5, 5.41) is 11.2. The van der Waals surface area contributed by atoms with Crippen LogP contribution in [0.4, 0.5) is 26.3 Å². The van der Waals surface area contributed by atoms with Gasteiger partial charge in [-0.2, -0.15) is 31.4 Å². The van der Waals surface area contributed by atoms with E-state index in [0.717, 1.165) is 85.1 Å². The molecular formula is C47H44F6IrN7. The second kappa shape index (κ2) is 19.9. The van der Waals surface area contributed by atoms with Crippen molar-refractivity contribution >= 4 is 0 Å². The van der Waals surface area contributed by atoms with Crippen LogP contribution < -0.4 is 5.10 Å². The smallest absolute Gasteiger partial charge is 0.573 e. The van der Waals surface area contributed by atoms with E-state index in [4.69, 9.17) is 0 Å². The average molecular weight is 1010 g/mol. The Morgan fingerprint density at radius 2 is 1.28 bits per heavy atom. The van der Waals surface area contributed by atoms with Crippen molar-refractivity contribution in [2.24, 2.45) is 7.05 Å². The summed E-state index contributed by atoms with van der Waals surface area (Å²) in [4.78, 5) is 13.1. The molecule has 0 aliphatic heterocycles. The molecule has 4 heterocycles. The monoisotopic (exact) mass is 1010 g/mol. The number of pyridine rings is 2. The number of aromatic nitrogens is 7. The van der Waals surface area contributed by atoms with Gasteiger partial charge in [-0.15, -0.1) is 65.2 Å². The molecule has 4 aromatic heterocycles. The first kappa shape index (κ1) is 46.6. The second-order valence-electron chi connectivity index (χ2n) is 15.5. The number of nitrogens with zero attached hydrogens (tertiary/aromatic N) is 7. The molecule has 0 atom stereocenters. The van der Waals surface area contributed by atoms with Crippen LogP contribution in [-0.2, 0) is 77.0 Å². The zero-order valence-corrected chi connectivity index (χ0v) is 36.7. The zero-order chi connectivity index (χ0) is 43.1. The van der Waals surface area contributed by atoms with Crippen LogP contribution in [0.15, 0.2) is 103 Å². The van der Waals surface area contributed by atoms with E-state index in [-0.39, 0.29) is 31.2 Å². The van der Waals surface area contributed by atoms with E-state index in [9.17, 15) is 26.3 Å². The van der Waals surface area contributed by atoms with E-state index in [0.29, 0.717) is 17.0 Å². The van der Waals surface area contributed by atoms with Crippen LogP contribution in [0.3, 0.4) is 0 Å². The SMILES string of the molecule is CC(C)(C)c1ccnc(-c2cc(C(F)(F)F)n[n-]2)c1.CCCc1nc(-c2[c-]ccc(CCc3ccc(CCc4ccnc(-c5[c-]cc(C(F)(F)F)cc5)c4)cc3)c2)n(C)n1.[Ir+3]. The molecule has 0 aliphatic carbocycles. The number of hydrogen-bond donors (Lipinski definition) is 0. The van der Waals surface area contributed by atoms with Crippen molar-refractivity contribution < 1.29 is 46.4 Å². The predicted octanol–water partition coefficient (Wildman–Crippen LogP) is 11.1. The molecule has 0 amide bonds. The molecule has 61 heavy (non-hydrogen) atoms. The van der Waals surface area contributed by atoms with E-state index in [1.54, 1.807) is 18.5 Å². The van der Waals surface area contributed by atoms with Gasteiger partial charge in [0.15, 0.2) is 0 Å². The minimum Gasteiger partial charge on any atom is -0.573 e. The Kier molecular flexibility index (Phi) is 15.2. The Morgan fingerprint density at radius 1 is 0.639 bits per heavy atom. The standard InChI is InChI=1S/C34H31F3N4.C13H13F3N3.Ir/c1-3-5-32-39-33(41(2)40-32)29-7-4-6-26(22-29)14-12-24-8-10-25(11-9-24)13-15-27-20-21-38-31(23-27)28-16-18-30(19-17-28)34(35,36)37;1-12(2,3)8-4-5-17-9(6-8)10-7-11(19-18-10)13(14,15)16;/h4,6,8-11,16,18-23H,3,5,12-15H2,1-2H3;4-7H,1-3H3;/q-2;-1;+3. The summed E-state index contributed by atoms with van der Waals surface area (Å²) in [7, 11) is 1.93. The van der Waals surface area contributed by atoms with E-state index in [1.165, 1.54) is 22.8 Å². The summed E-state index contributed by atoms with van der Waals surface area (Å²) in [5.41, 5.74) is 6.65.